The maximum atomic E-state index is 11.3. The third-order valence-electron chi connectivity index (χ3n) is 1.78. The minimum atomic E-state index is -0.482. The van der Waals surface area contributed by atoms with Crippen LogP contribution < -0.4 is 11.1 Å². The molecule has 0 aliphatic carbocycles. The topological polar surface area (TPSA) is 55.1 Å². The fourth-order valence-electron chi connectivity index (χ4n) is 0.994. The molecule has 0 saturated carbocycles. The molecule has 1 atom stereocenters. The SMILES string of the molecule is CSc1ccccc1NC(=O)[C@@H](C)N.Cl. The van der Waals surface area contributed by atoms with Crippen LogP contribution >= 0.6 is 24.2 Å². The Morgan fingerprint density at radius 2 is 2.07 bits per heavy atom. The van der Waals surface area contributed by atoms with Crippen LogP contribution in [0.1, 0.15) is 6.92 Å². The third-order valence-corrected chi connectivity index (χ3v) is 2.57. The van der Waals surface area contributed by atoms with Gasteiger partial charge in [0.05, 0.1) is 11.7 Å². The smallest absolute Gasteiger partial charge is 0.241 e. The van der Waals surface area contributed by atoms with Crippen LogP contribution in [-0.2, 0) is 4.79 Å². The first kappa shape index (κ1) is 14.3. The summed E-state index contributed by atoms with van der Waals surface area (Å²) in [5, 5.41) is 2.78. The zero-order chi connectivity index (χ0) is 10.6. The number of thioether (sulfide) groups is 1. The van der Waals surface area contributed by atoms with Crippen LogP contribution in [0.5, 0.6) is 0 Å². The summed E-state index contributed by atoms with van der Waals surface area (Å²) in [5.74, 6) is -0.161. The van der Waals surface area contributed by atoms with Crippen LogP contribution in [0.15, 0.2) is 29.2 Å². The lowest BCUT2D eigenvalue weighted by molar-refractivity contribution is -0.117. The number of amides is 1. The van der Waals surface area contributed by atoms with Gasteiger partial charge >= 0.3 is 0 Å². The molecule has 0 radical (unpaired) electrons. The molecule has 3 N–H and O–H groups in total. The predicted octanol–water partition coefficient (Wildman–Crippen LogP) is 2.12. The van der Waals surface area contributed by atoms with Crippen molar-refractivity contribution in [3.05, 3.63) is 24.3 Å². The number of carbonyl (C=O) groups excluding carboxylic acids is 1. The molecule has 1 amide bonds. The number of anilines is 1. The summed E-state index contributed by atoms with van der Waals surface area (Å²) in [5.41, 5.74) is 6.28. The van der Waals surface area contributed by atoms with Crippen molar-refractivity contribution in [3.8, 4) is 0 Å². The number of hydrogen-bond donors (Lipinski definition) is 2. The fraction of sp³-hybridized carbons (Fsp3) is 0.300. The summed E-state index contributed by atoms with van der Waals surface area (Å²) < 4.78 is 0. The zero-order valence-corrected chi connectivity index (χ0v) is 10.3. The van der Waals surface area contributed by atoms with Gasteiger partial charge in [-0.25, -0.2) is 0 Å². The average molecular weight is 247 g/mol. The van der Waals surface area contributed by atoms with Gasteiger partial charge in [-0.3, -0.25) is 4.79 Å². The first-order valence-electron chi connectivity index (χ1n) is 4.34. The van der Waals surface area contributed by atoms with Gasteiger partial charge in [0.1, 0.15) is 0 Å². The van der Waals surface area contributed by atoms with Gasteiger partial charge in [-0.2, -0.15) is 0 Å². The first-order chi connectivity index (χ1) is 6.65. The minimum Gasteiger partial charge on any atom is -0.324 e. The summed E-state index contributed by atoms with van der Waals surface area (Å²) in [6.07, 6.45) is 1.97. The molecule has 1 rings (SSSR count). The molecule has 0 aromatic heterocycles. The molecular weight excluding hydrogens is 232 g/mol. The molecule has 0 unspecified atom stereocenters. The van der Waals surface area contributed by atoms with E-state index < -0.39 is 6.04 Å². The molecule has 0 fully saturated rings. The highest BCUT2D eigenvalue weighted by Crippen LogP contribution is 2.24. The lowest BCUT2D eigenvalue weighted by Crippen LogP contribution is -2.32. The number of hydrogen-bond acceptors (Lipinski definition) is 3. The van der Waals surface area contributed by atoms with Crippen molar-refractivity contribution in [2.75, 3.05) is 11.6 Å². The van der Waals surface area contributed by atoms with Crippen LogP contribution in [-0.4, -0.2) is 18.2 Å². The number of carbonyl (C=O) groups is 1. The maximum absolute atomic E-state index is 11.3. The second kappa shape index (κ2) is 6.71. The van der Waals surface area contributed by atoms with E-state index in [2.05, 4.69) is 5.32 Å². The number of benzene rings is 1. The summed E-state index contributed by atoms with van der Waals surface area (Å²) >= 11 is 1.59. The Hall–Kier alpha value is -0.710. The highest BCUT2D eigenvalue weighted by Gasteiger charge is 2.09. The number of nitrogens with two attached hydrogens (primary N) is 1. The van der Waals surface area contributed by atoms with E-state index in [1.807, 2.05) is 30.5 Å². The van der Waals surface area contributed by atoms with Crippen LogP contribution in [0.2, 0.25) is 0 Å². The molecule has 0 heterocycles. The Kier molecular flexibility index (Phi) is 6.40. The highest BCUT2D eigenvalue weighted by atomic mass is 35.5. The van der Waals surface area contributed by atoms with Gasteiger partial charge in [0.15, 0.2) is 0 Å². The Morgan fingerprint density at radius 1 is 1.47 bits per heavy atom. The summed E-state index contributed by atoms with van der Waals surface area (Å²) in [6.45, 7) is 1.66. The van der Waals surface area contributed by atoms with Crippen molar-refractivity contribution in [3.63, 3.8) is 0 Å². The van der Waals surface area contributed by atoms with Gasteiger partial charge in [-0.1, -0.05) is 12.1 Å². The van der Waals surface area contributed by atoms with Gasteiger partial charge in [-0.15, -0.1) is 24.2 Å². The van der Waals surface area contributed by atoms with Crippen molar-refractivity contribution < 1.29 is 4.79 Å². The Morgan fingerprint density at radius 3 is 2.60 bits per heavy atom. The summed E-state index contributed by atoms with van der Waals surface area (Å²) in [4.78, 5) is 12.4. The largest absolute Gasteiger partial charge is 0.324 e. The molecule has 0 aliphatic heterocycles. The molecule has 0 bridgehead atoms. The monoisotopic (exact) mass is 246 g/mol. The van der Waals surface area contributed by atoms with Crippen molar-refractivity contribution in [1.29, 1.82) is 0 Å². The van der Waals surface area contributed by atoms with Crippen LogP contribution in [0.4, 0.5) is 5.69 Å². The molecule has 15 heavy (non-hydrogen) atoms. The minimum absolute atomic E-state index is 0. The van der Waals surface area contributed by atoms with Crippen LogP contribution in [0.3, 0.4) is 0 Å². The fourth-order valence-corrected chi connectivity index (χ4v) is 1.55. The zero-order valence-electron chi connectivity index (χ0n) is 8.69. The van der Waals surface area contributed by atoms with E-state index >= 15 is 0 Å². The molecule has 1 aromatic carbocycles. The normalized spacial score (nSPS) is 11.4. The van der Waals surface area contributed by atoms with Crippen LogP contribution in [0, 0.1) is 0 Å². The van der Waals surface area contributed by atoms with Gasteiger partial charge < -0.3 is 11.1 Å². The summed E-state index contributed by atoms with van der Waals surface area (Å²) in [6, 6.07) is 7.17. The molecule has 84 valence electrons. The van der Waals surface area contributed by atoms with Crippen molar-refractivity contribution in [1.82, 2.24) is 0 Å². The standard InChI is InChI=1S/C10H14N2OS.ClH/c1-7(11)10(13)12-8-5-3-4-6-9(8)14-2;/h3-7H,11H2,1-2H3,(H,12,13);1H/t7-;/m1./s1. The van der Waals surface area contributed by atoms with E-state index in [1.54, 1.807) is 18.7 Å². The van der Waals surface area contributed by atoms with E-state index in [0.717, 1.165) is 10.6 Å². The van der Waals surface area contributed by atoms with E-state index in [-0.39, 0.29) is 18.3 Å². The Bertz CT molecular complexity index is 331. The van der Waals surface area contributed by atoms with Crippen molar-refractivity contribution >= 4 is 35.8 Å². The number of nitrogens with one attached hydrogen (secondary N) is 1. The summed E-state index contributed by atoms with van der Waals surface area (Å²) in [7, 11) is 0. The maximum Gasteiger partial charge on any atom is 0.241 e. The van der Waals surface area contributed by atoms with Gasteiger partial charge in [0.25, 0.3) is 0 Å². The van der Waals surface area contributed by atoms with Gasteiger partial charge in [0.2, 0.25) is 5.91 Å². The second-order valence-corrected chi connectivity index (χ2v) is 3.83. The molecule has 5 heteroatoms. The third kappa shape index (κ3) is 4.11. The number of halogens is 1. The van der Waals surface area contributed by atoms with Gasteiger partial charge in [-0.05, 0) is 25.3 Å². The molecule has 0 saturated heterocycles. The molecule has 3 nitrogen and oxygen atoms in total. The predicted molar refractivity (Wildman–Crippen MR) is 67.8 cm³/mol. The van der Waals surface area contributed by atoms with Crippen molar-refractivity contribution in [2.45, 2.75) is 17.9 Å². The molecule has 1 aromatic rings. The van der Waals surface area contributed by atoms with E-state index in [0.29, 0.717) is 0 Å². The lowest BCUT2D eigenvalue weighted by Gasteiger charge is -2.10. The average Bonchev–Trinajstić information content (AvgIpc) is 2.18. The Balaban J connectivity index is 0.00000196. The molecule has 0 aliphatic rings. The quantitative estimate of drug-likeness (QED) is 0.804. The lowest BCUT2D eigenvalue weighted by atomic mass is 10.3. The van der Waals surface area contributed by atoms with Crippen molar-refractivity contribution in [2.24, 2.45) is 5.73 Å². The van der Waals surface area contributed by atoms with E-state index in [4.69, 9.17) is 5.73 Å². The molecular formula is C10H15ClN2OS. The van der Waals surface area contributed by atoms with Gasteiger partial charge in [0, 0.05) is 4.90 Å². The Labute approximate surface area is 100 Å². The van der Waals surface area contributed by atoms with Crippen LogP contribution in [0.25, 0.3) is 0 Å². The number of para-hydroxylation sites is 1. The number of rotatable bonds is 3. The molecule has 0 spiro atoms. The van der Waals surface area contributed by atoms with E-state index in [9.17, 15) is 4.79 Å². The second-order valence-electron chi connectivity index (χ2n) is 2.98. The van der Waals surface area contributed by atoms with E-state index in [1.165, 1.54) is 0 Å². The first-order valence-corrected chi connectivity index (χ1v) is 5.57. The highest BCUT2D eigenvalue weighted by molar-refractivity contribution is 7.98.